The second kappa shape index (κ2) is 6.22. The van der Waals surface area contributed by atoms with Crippen LogP contribution < -0.4 is 10.1 Å². The number of aryl methyl sites for hydroxylation is 1. The number of nitrogens with zero attached hydrogens (tertiary/aromatic N) is 2. The van der Waals surface area contributed by atoms with Crippen molar-refractivity contribution in [2.75, 3.05) is 11.9 Å². The van der Waals surface area contributed by atoms with Gasteiger partial charge in [0, 0.05) is 18.3 Å². The maximum absolute atomic E-state index is 5.63. The van der Waals surface area contributed by atoms with Gasteiger partial charge in [0.25, 0.3) is 0 Å². The Hall–Kier alpha value is -1.32. The number of hydrogen-bond donors (Lipinski definition) is 1. The van der Waals surface area contributed by atoms with Gasteiger partial charge in [-0.2, -0.15) is 4.98 Å². The van der Waals surface area contributed by atoms with Gasteiger partial charge in [0.2, 0.25) is 11.8 Å². The van der Waals surface area contributed by atoms with Gasteiger partial charge in [0.15, 0.2) is 0 Å². The Bertz CT molecular complexity index is 420. The Morgan fingerprint density at radius 3 is 2.79 bits per heavy atom. The number of ether oxygens (including phenoxy) is 1. The van der Waals surface area contributed by atoms with Crippen molar-refractivity contribution in [3.05, 3.63) is 11.8 Å². The van der Waals surface area contributed by atoms with Gasteiger partial charge >= 0.3 is 0 Å². The van der Waals surface area contributed by atoms with Crippen molar-refractivity contribution in [3.8, 4) is 5.88 Å². The van der Waals surface area contributed by atoms with Crippen LogP contribution in [-0.2, 0) is 0 Å². The summed E-state index contributed by atoms with van der Waals surface area (Å²) in [4.78, 5) is 8.83. The fourth-order valence-electron chi connectivity index (χ4n) is 2.67. The van der Waals surface area contributed by atoms with Crippen LogP contribution in [0.15, 0.2) is 6.07 Å². The van der Waals surface area contributed by atoms with E-state index in [9.17, 15) is 0 Å². The normalized spacial score (nSPS) is 22.8. The van der Waals surface area contributed by atoms with Crippen molar-refractivity contribution in [1.82, 2.24) is 9.97 Å². The average molecular weight is 263 g/mol. The predicted octanol–water partition coefficient (Wildman–Crippen LogP) is 3.42. The monoisotopic (exact) mass is 263 g/mol. The molecule has 1 saturated carbocycles. The first-order chi connectivity index (χ1) is 9.02. The molecule has 0 aliphatic heterocycles. The van der Waals surface area contributed by atoms with E-state index in [0.29, 0.717) is 11.8 Å². The molecule has 0 aromatic carbocycles. The highest BCUT2D eigenvalue weighted by Crippen LogP contribution is 2.30. The molecule has 1 fully saturated rings. The van der Waals surface area contributed by atoms with Crippen molar-refractivity contribution >= 4 is 5.95 Å². The van der Waals surface area contributed by atoms with Crippen molar-refractivity contribution in [2.24, 2.45) is 11.8 Å². The minimum absolute atomic E-state index is 0.137. The molecule has 1 heterocycles. The first-order valence-electron chi connectivity index (χ1n) is 7.29. The van der Waals surface area contributed by atoms with Crippen molar-refractivity contribution in [3.63, 3.8) is 0 Å². The van der Waals surface area contributed by atoms with Gasteiger partial charge in [-0.3, -0.25) is 0 Å². The molecule has 106 valence electrons. The van der Waals surface area contributed by atoms with Crippen LogP contribution in [0.5, 0.6) is 5.88 Å². The van der Waals surface area contributed by atoms with E-state index in [-0.39, 0.29) is 6.10 Å². The van der Waals surface area contributed by atoms with E-state index in [2.05, 4.69) is 22.2 Å². The molecule has 2 rings (SSSR count). The Morgan fingerprint density at radius 2 is 2.16 bits per heavy atom. The van der Waals surface area contributed by atoms with Gasteiger partial charge in [0.1, 0.15) is 0 Å². The lowest BCUT2D eigenvalue weighted by molar-refractivity contribution is 0.232. The minimum Gasteiger partial charge on any atom is -0.475 e. The summed E-state index contributed by atoms with van der Waals surface area (Å²) in [6.07, 6.45) is 4.12. The Labute approximate surface area is 116 Å². The summed E-state index contributed by atoms with van der Waals surface area (Å²) in [6.45, 7) is 9.28. The van der Waals surface area contributed by atoms with E-state index in [4.69, 9.17) is 4.74 Å². The van der Waals surface area contributed by atoms with Crippen LogP contribution in [0.25, 0.3) is 0 Å². The number of nitrogens with one attached hydrogen (secondary N) is 1. The number of rotatable bonds is 5. The fraction of sp³-hybridized carbons (Fsp3) is 0.733. The van der Waals surface area contributed by atoms with Crippen molar-refractivity contribution < 1.29 is 4.74 Å². The summed E-state index contributed by atoms with van der Waals surface area (Å²) in [5.74, 6) is 2.97. The maximum atomic E-state index is 5.63. The van der Waals surface area contributed by atoms with Gasteiger partial charge in [0.05, 0.1) is 6.10 Å². The molecule has 1 aromatic heterocycles. The van der Waals surface area contributed by atoms with Gasteiger partial charge in [-0.1, -0.05) is 13.3 Å². The molecule has 19 heavy (non-hydrogen) atoms. The molecule has 2 unspecified atom stereocenters. The third kappa shape index (κ3) is 4.37. The third-order valence-corrected chi connectivity index (χ3v) is 3.54. The average Bonchev–Trinajstić information content (AvgIpc) is 2.71. The predicted molar refractivity (Wildman–Crippen MR) is 77.5 cm³/mol. The van der Waals surface area contributed by atoms with E-state index in [1.54, 1.807) is 0 Å². The largest absolute Gasteiger partial charge is 0.475 e. The molecule has 1 N–H and O–H groups in total. The number of anilines is 1. The highest BCUT2D eigenvalue weighted by molar-refractivity contribution is 5.30. The van der Waals surface area contributed by atoms with Crippen molar-refractivity contribution in [2.45, 2.75) is 53.1 Å². The van der Waals surface area contributed by atoms with Gasteiger partial charge in [-0.05, 0) is 45.4 Å². The van der Waals surface area contributed by atoms with E-state index >= 15 is 0 Å². The van der Waals surface area contributed by atoms with E-state index < -0.39 is 0 Å². The SMILES string of the molecule is Cc1cc(OC(C)C)nc(NCC2CCC(C)C2)n1. The molecule has 2 atom stereocenters. The summed E-state index contributed by atoms with van der Waals surface area (Å²) in [6, 6.07) is 1.88. The lowest BCUT2D eigenvalue weighted by Crippen LogP contribution is -2.15. The molecule has 0 bridgehead atoms. The van der Waals surface area contributed by atoms with Crippen LogP contribution in [0.1, 0.15) is 45.7 Å². The first-order valence-corrected chi connectivity index (χ1v) is 7.29. The number of hydrogen-bond acceptors (Lipinski definition) is 4. The van der Waals surface area contributed by atoms with Crippen LogP contribution in [0, 0.1) is 18.8 Å². The molecular weight excluding hydrogens is 238 g/mol. The lowest BCUT2D eigenvalue weighted by Gasteiger charge is -2.13. The molecular formula is C15H25N3O. The summed E-state index contributed by atoms with van der Waals surface area (Å²) in [5.41, 5.74) is 0.938. The zero-order valence-electron chi connectivity index (χ0n) is 12.4. The topological polar surface area (TPSA) is 47.0 Å². The molecule has 4 nitrogen and oxygen atoms in total. The smallest absolute Gasteiger partial charge is 0.226 e. The van der Waals surface area contributed by atoms with E-state index in [1.807, 2.05) is 26.8 Å². The van der Waals surface area contributed by atoms with Gasteiger partial charge in [-0.15, -0.1) is 0 Å². The Morgan fingerprint density at radius 1 is 1.37 bits per heavy atom. The summed E-state index contributed by atoms with van der Waals surface area (Å²) < 4.78 is 5.63. The standard InChI is InChI=1S/C15H25N3O/c1-10(2)19-14-8-12(4)17-15(18-14)16-9-13-6-5-11(3)7-13/h8,10-11,13H,5-7,9H2,1-4H3,(H,16,17,18). The van der Waals surface area contributed by atoms with E-state index in [1.165, 1.54) is 19.3 Å². The maximum Gasteiger partial charge on any atom is 0.226 e. The molecule has 1 aliphatic carbocycles. The van der Waals surface area contributed by atoms with E-state index in [0.717, 1.165) is 24.1 Å². The lowest BCUT2D eigenvalue weighted by atomic mass is 10.1. The van der Waals surface area contributed by atoms with Crippen molar-refractivity contribution in [1.29, 1.82) is 0 Å². The highest BCUT2D eigenvalue weighted by Gasteiger charge is 2.21. The minimum atomic E-state index is 0.137. The molecule has 0 amide bonds. The zero-order chi connectivity index (χ0) is 13.8. The molecule has 1 aliphatic rings. The van der Waals surface area contributed by atoms with Gasteiger partial charge < -0.3 is 10.1 Å². The number of aromatic nitrogens is 2. The Balaban J connectivity index is 1.94. The van der Waals surface area contributed by atoms with Crippen LogP contribution in [0.4, 0.5) is 5.95 Å². The van der Waals surface area contributed by atoms with Crippen LogP contribution in [0.3, 0.4) is 0 Å². The second-order valence-electron chi connectivity index (χ2n) is 6.00. The third-order valence-electron chi connectivity index (χ3n) is 3.54. The first kappa shape index (κ1) is 14.1. The second-order valence-corrected chi connectivity index (χ2v) is 6.00. The molecule has 1 aromatic rings. The molecule has 0 radical (unpaired) electrons. The van der Waals surface area contributed by atoms with Gasteiger partial charge in [-0.25, -0.2) is 4.98 Å². The Kier molecular flexibility index (Phi) is 4.61. The van der Waals surface area contributed by atoms with Crippen LogP contribution in [0.2, 0.25) is 0 Å². The summed E-state index contributed by atoms with van der Waals surface area (Å²) >= 11 is 0. The highest BCUT2D eigenvalue weighted by atomic mass is 16.5. The zero-order valence-corrected chi connectivity index (χ0v) is 12.4. The quantitative estimate of drug-likeness (QED) is 0.884. The molecule has 0 saturated heterocycles. The molecule has 0 spiro atoms. The van der Waals surface area contributed by atoms with Crippen LogP contribution in [-0.4, -0.2) is 22.6 Å². The van der Waals surface area contributed by atoms with Crippen LogP contribution >= 0.6 is 0 Å². The molecule has 4 heteroatoms. The fourth-order valence-corrected chi connectivity index (χ4v) is 2.67. The summed E-state index contributed by atoms with van der Waals surface area (Å²) in [5, 5.41) is 3.36. The summed E-state index contributed by atoms with van der Waals surface area (Å²) in [7, 11) is 0.